The fourth-order valence-electron chi connectivity index (χ4n) is 3.14. The molecule has 3 heterocycles. The fourth-order valence-corrected chi connectivity index (χ4v) is 3.62. The highest BCUT2D eigenvalue weighted by atomic mass is 32.2. The number of hydrogen-bond donors (Lipinski definition) is 0. The molecule has 0 bridgehead atoms. The largest absolute Gasteiger partial charge is 0.352 e. The van der Waals surface area contributed by atoms with E-state index in [9.17, 15) is 4.79 Å². The van der Waals surface area contributed by atoms with Gasteiger partial charge in [-0.05, 0) is 36.1 Å². The Bertz CT molecular complexity index is 919. The Balaban J connectivity index is 1.37. The van der Waals surface area contributed by atoms with Gasteiger partial charge in [0.05, 0.1) is 6.42 Å². The zero-order valence-corrected chi connectivity index (χ0v) is 15.4. The van der Waals surface area contributed by atoms with Crippen LogP contribution in [0.2, 0.25) is 0 Å². The lowest BCUT2D eigenvalue weighted by Crippen LogP contribution is -2.49. The quantitative estimate of drug-likeness (QED) is 0.654. The van der Waals surface area contributed by atoms with E-state index in [-0.39, 0.29) is 5.91 Å². The Morgan fingerprint density at radius 3 is 2.81 bits per heavy atom. The normalized spacial score (nSPS) is 14.8. The van der Waals surface area contributed by atoms with Crippen molar-refractivity contribution in [3.8, 4) is 0 Å². The number of anilines is 1. The van der Waals surface area contributed by atoms with Crippen molar-refractivity contribution in [2.75, 3.05) is 37.3 Å². The zero-order valence-electron chi connectivity index (χ0n) is 14.6. The number of piperazine rings is 1. The zero-order chi connectivity index (χ0) is 17.9. The number of carbonyl (C=O) groups excluding carboxylic acids is 1. The molecule has 1 amide bonds. The minimum atomic E-state index is 0.185. The van der Waals surface area contributed by atoms with Crippen LogP contribution in [-0.4, -0.2) is 63.1 Å². The highest BCUT2D eigenvalue weighted by molar-refractivity contribution is 7.98. The number of fused-ring (bicyclic) bond motifs is 1. The van der Waals surface area contributed by atoms with Gasteiger partial charge in [-0.25, -0.2) is 0 Å². The molecule has 2 aromatic heterocycles. The minimum Gasteiger partial charge on any atom is -0.352 e. The van der Waals surface area contributed by atoms with Gasteiger partial charge in [0, 0.05) is 31.1 Å². The lowest BCUT2D eigenvalue weighted by Gasteiger charge is -2.35. The van der Waals surface area contributed by atoms with Crippen LogP contribution in [0.25, 0.3) is 5.65 Å². The Morgan fingerprint density at radius 1 is 1.15 bits per heavy atom. The molecule has 26 heavy (non-hydrogen) atoms. The maximum atomic E-state index is 12.6. The van der Waals surface area contributed by atoms with Crippen molar-refractivity contribution in [3.05, 3.63) is 48.3 Å². The van der Waals surface area contributed by atoms with Crippen molar-refractivity contribution in [1.82, 2.24) is 24.7 Å². The summed E-state index contributed by atoms with van der Waals surface area (Å²) < 4.78 is 1.67. The van der Waals surface area contributed by atoms with E-state index in [1.165, 1.54) is 4.90 Å². The Kier molecular flexibility index (Phi) is 4.75. The molecule has 0 spiro atoms. The summed E-state index contributed by atoms with van der Waals surface area (Å²) in [5.74, 6) is 1.07. The fraction of sp³-hybridized carbons (Fsp3) is 0.333. The van der Waals surface area contributed by atoms with Gasteiger partial charge in [-0.3, -0.25) is 4.79 Å². The van der Waals surface area contributed by atoms with E-state index in [2.05, 4.69) is 32.3 Å². The molecule has 0 saturated carbocycles. The Hall–Kier alpha value is -2.61. The van der Waals surface area contributed by atoms with Crippen LogP contribution in [0.15, 0.2) is 47.6 Å². The van der Waals surface area contributed by atoms with E-state index >= 15 is 0 Å². The molecule has 0 atom stereocenters. The summed E-state index contributed by atoms with van der Waals surface area (Å²) in [6.45, 7) is 2.97. The first-order valence-electron chi connectivity index (χ1n) is 8.55. The monoisotopic (exact) mass is 368 g/mol. The van der Waals surface area contributed by atoms with E-state index in [0.717, 1.165) is 30.1 Å². The van der Waals surface area contributed by atoms with Gasteiger partial charge in [0.25, 0.3) is 0 Å². The summed E-state index contributed by atoms with van der Waals surface area (Å²) in [6, 6.07) is 12.1. The summed E-state index contributed by atoms with van der Waals surface area (Å²) >= 11 is 1.70. The molecular formula is C18H20N6OS. The van der Waals surface area contributed by atoms with Gasteiger partial charge in [-0.15, -0.1) is 27.1 Å². The van der Waals surface area contributed by atoms with Crippen molar-refractivity contribution in [3.63, 3.8) is 0 Å². The van der Waals surface area contributed by atoms with Gasteiger partial charge >= 0.3 is 0 Å². The second-order valence-electron chi connectivity index (χ2n) is 6.22. The Labute approximate surface area is 156 Å². The van der Waals surface area contributed by atoms with E-state index < -0.39 is 0 Å². The molecule has 8 heteroatoms. The second-order valence-corrected chi connectivity index (χ2v) is 7.10. The first-order chi connectivity index (χ1) is 12.7. The van der Waals surface area contributed by atoms with Crippen LogP contribution in [-0.2, 0) is 11.2 Å². The number of amides is 1. The van der Waals surface area contributed by atoms with Crippen LogP contribution in [0.4, 0.5) is 5.82 Å². The van der Waals surface area contributed by atoms with Crippen molar-refractivity contribution < 1.29 is 4.79 Å². The third kappa shape index (κ3) is 3.50. The van der Waals surface area contributed by atoms with Gasteiger partial charge < -0.3 is 9.80 Å². The second kappa shape index (κ2) is 7.33. The summed E-state index contributed by atoms with van der Waals surface area (Å²) in [5.41, 5.74) is 1.80. The first kappa shape index (κ1) is 16.8. The average molecular weight is 368 g/mol. The molecular weight excluding hydrogens is 348 g/mol. The van der Waals surface area contributed by atoms with Crippen LogP contribution >= 0.6 is 11.8 Å². The molecule has 0 radical (unpaired) electrons. The van der Waals surface area contributed by atoms with E-state index in [4.69, 9.17) is 0 Å². The molecule has 134 valence electrons. The van der Waals surface area contributed by atoms with Crippen molar-refractivity contribution >= 4 is 29.1 Å². The first-order valence-corrected chi connectivity index (χ1v) is 9.78. The number of carbonyl (C=O) groups is 1. The predicted molar refractivity (Wildman–Crippen MR) is 102 cm³/mol. The summed E-state index contributed by atoms with van der Waals surface area (Å²) in [7, 11) is 0. The number of aromatic nitrogens is 4. The molecule has 7 nitrogen and oxygen atoms in total. The van der Waals surface area contributed by atoms with E-state index in [0.29, 0.717) is 19.5 Å². The van der Waals surface area contributed by atoms with Crippen LogP contribution in [0.5, 0.6) is 0 Å². The predicted octanol–water partition coefficient (Wildman–Crippen LogP) is 1.74. The van der Waals surface area contributed by atoms with E-state index in [1.54, 1.807) is 22.6 Å². The third-order valence-corrected chi connectivity index (χ3v) is 5.32. The van der Waals surface area contributed by atoms with Gasteiger partial charge in [-0.1, -0.05) is 12.1 Å². The van der Waals surface area contributed by atoms with Crippen molar-refractivity contribution in [2.45, 2.75) is 11.3 Å². The number of hydrogen-bond acceptors (Lipinski definition) is 6. The van der Waals surface area contributed by atoms with Crippen LogP contribution in [0.1, 0.15) is 5.56 Å². The average Bonchev–Trinajstić information content (AvgIpc) is 3.16. The standard InChI is InChI=1S/C18H20N6OS/c1-26-15-4-2-3-14(11-15)12-18(25)23-9-7-22(8-10-23)17-6-5-16-20-19-13-24(16)21-17/h2-6,11,13H,7-10,12H2,1H3. The van der Waals surface area contributed by atoms with Crippen molar-refractivity contribution in [1.29, 1.82) is 0 Å². The van der Waals surface area contributed by atoms with Gasteiger partial charge in [0.1, 0.15) is 12.1 Å². The topological polar surface area (TPSA) is 66.6 Å². The minimum absolute atomic E-state index is 0.185. The van der Waals surface area contributed by atoms with Crippen LogP contribution < -0.4 is 4.90 Å². The molecule has 0 unspecified atom stereocenters. The number of nitrogens with zero attached hydrogens (tertiary/aromatic N) is 6. The molecule has 0 N–H and O–H groups in total. The molecule has 1 aliphatic rings. The maximum Gasteiger partial charge on any atom is 0.227 e. The molecule has 1 aliphatic heterocycles. The van der Waals surface area contributed by atoms with Gasteiger partial charge in [-0.2, -0.15) is 4.52 Å². The van der Waals surface area contributed by atoms with Gasteiger partial charge in [0.15, 0.2) is 5.65 Å². The molecule has 1 fully saturated rings. The lowest BCUT2D eigenvalue weighted by atomic mass is 10.1. The molecule has 0 aliphatic carbocycles. The van der Waals surface area contributed by atoms with Crippen molar-refractivity contribution in [2.24, 2.45) is 0 Å². The lowest BCUT2D eigenvalue weighted by molar-refractivity contribution is -0.130. The highest BCUT2D eigenvalue weighted by Gasteiger charge is 2.22. The van der Waals surface area contributed by atoms with Gasteiger partial charge in [0.2, 0.25) is 5.91 Å². The molecule has 3 aromatic rings. The molecule has 1 aromatic carbocycles. The van der Waals surface area contributed by atoms with Crippen LogP contribution in [0, 0.1) is 0 Å². The highest BCUT2D eigenvalue weighted by Crippen LogP contribution is 2.18. The summed E-state index contributed by atoms with van der Waals surface area (Å²) in [5, 5.41) is 12.3. The number of rotatable bonds is 4. The van der Waals surface area contributed by atoms with E-state index in [1.807, 2.05) is 35.4 Å². The summed E-state index contributed by atoms with van der Waals surface area (Å²) in [6.07, 6.45) is 4.10. The summed E-state index contributed by atoms with van der Waals surface area (Å²) in [4.78, 5) is 17.9. The SMILES string of the molecule is CSc1cccc(CC(=O)N2CCN(c3ccc4nncn4n3)CC2)c1. The molecule has 4 rings (SSSR count). The molecule has 1 saturated heterocycles. The number of thioether (sulfide) groups is 1. The van der Waals surface area contributed by atoms with Crippen LogP contribution in [0.3, 0.4) is 0 Å². The Morgan fingerprint density at radius 2 is 2.00 bits per heavy atom. The smallest absolute Gasteiger partial charge is 0.227 e. The number of benzene rings is 1. The maximum absolute atomic E-state index is 12.6. The third-order valence-electron chi connectivity index (χ3n) is 4.59.